The van der Waals surface area contributed by atoms with Crippen LogP contribution in [-0.4, -0.2) is 17.0 Å². The smallest absolute Gasteiger partial charge is 0.161 e. The molecule has 0 saturated carbocycles. The Balaban J connectivity index is 3.85. The molecule has 0 rings (SSSR count). The summed E-state index contributed by atoms with van der Waals surface area (Å²) in [5.41, 5.74) is 0. The maximum Gasteiger partial charge on any atom is 0.161 e. The van der Waals surface area contributed by atoms with Crippen LogP contribution in [0.25, 0.3) is 0 Å². The van der Waals surface area contributed by atoms with Crippen molar-refractivity contribution in [2.75, 3.05) is 0 Å². The molecule has 84 valence electrons. The molecule has 0 amide bonds. The number of Topliss-reactive ketones (excluding diaryl/α,β-unsaturated/α-hetero) is 1. The average Bonchev–Trinajstić information content (AvgIpc) is 2.22. The highest BCUT2D eigenvalue weighted by Gasteiger charge is 2.17. The minimum Gasteiger partial charge on any atom is -0.385 e. The molecule has 14 heavy (non-hydrogen) atoms. The maximum absolute atomic E-state index is 11.5. The lowest BCUT2D eigenvalue weighted by molar-refractivity contribution is -0.128. The van der Waals surface area contributed by atoms with Crippen molar-refractivity contribution in [2.24, 2.45) is 5.92 Å². The Kier molecular flexibility index (Phi) is 7.77. The summed E-state index contributed by atoms with van der Waals surface area (Å²) in [4.78, 5) is 11.5. The Bertz CT molecular complexity index is 154. The van der Waals surface area contributed by atoms with Gasteiger partial charge in [-0.15, -0.1) is 0 Å². The summed E-state index contributed by atoms with van der Waals surface area (Å²) < 4.78 is 0. The molecule has 2 atom stereocenters. The maximum atomic E-state index is 11.5. The normalized spacial score (nSPS) is 15.1. The molecule has 0 aromatic rings. The molecule has 0 bridgehead atoms. The molecule has 0 aliphatic rings. The third-order valence-corrected chi connectivity index (χ3v) is 2.79. The van der Waals surface area contributed by atoms with E-state index in [9.17, 15) is 9.90 Å². The fourth-order valence-corrected chi connectivity index (χ4v) is 1.59. The highest BCUT2D eigenvalue weighted by molar-refractivity contribution is 5.82. The second-order valence-corrected chi connectivity index (χ2v) is 4.01. The van der Waals surface area contributed by atoms with E-state index in [-0.39, 0.29) is 5.78 Å². The van der Waals surface area contributed by atoms with Gasteiger partial charge in [0.15, 0.2) is 5.78 Å². The minimum absolute atomic E-state index is 0.0236. The summed E-state index contributed by atoms with van der Waals surface area (Å²) in [6, 6.07) is 0. The van der Waals surface area contributed by atoms with Crippen molar-refractivity contribution in [2.45, 2.75) is 65.4 Å². The Morgan fingerprint density at radius 1 is 1.21 bits per heavy atom. The van der Waals surface area contributed by atoms with Crippen molar-refractivity contribution in [1.82, 2.24) is 0 Å². The predicted molar refractivity (Wildman–Crippen MR) is 59.2 cm³/mol. The molecule has 0 aromatic heterocycles. The van der Waals surface area contributed by atoms with Gasteiger partial charge in [0.05, 0.1) is 0 Å². The molecule has 0 aliphatic carbocycles. The van der Waals surface area contributed by atoms with E-state index in [1.165, 1.54) is 12.8 Å². The largest absolute Gasteiger partial charge is 0.385 e. The molecule has 0 radical (unpaired) electrons. The summed E-state index contributed by atoms with van der Waals surface area (Å²) >= 11 is 0. The van der Waals surface area contributed by atoms with E-state index in [1.54, 1.807) is 0 Å². The zero-order valence-electron chi connectivity index (χ0n) is 9.75. The number of aliphatic hydroxyl groups excluding tert-OH is 1. The van der Waals surface area contributed by atoms with E-state index in [0.29, 0.717) is 18.8 Å². The molecule has 2 heteroatoms. The Morgan fingerprint density at radius 3 is 2.29 bits per heavy atom. The second-order valence-electron chi connectivity index (χ2n) is 4.01. The van der Waals surface area contributed by atoms with Gasteiger partial charge in [0, 0.05) is 6.42 Å². The lowest BCUT2D eigenvalue weighted by Gasteiger charge is -2.15. The number of aliphatic hydroxyl groups is 1. The molecule has 0 aliphatic heterocycles. The highest BCUT2D eigenvalue weighted by atomic mass is 16.3. The second kappa shape index (κ2) is 7.98. The number of hydrogen-bond acceptors (Lipinski definition) is 2. The van der Waals surface area contributed by atoms with Gasteiger partial charge in [-0.3, -0.25) is 4.79 Å². The van der Waals surface area contributed by atoms with E-state index >= 15 is 0 Å². The SMILES string of the molecule is CCCCC(CC)CC(=O)C(O)CC. The number of rotatable bonds is 8. The summed E-state index contributed by atoms with van der Waals surface area (Å²) in [5.74, 6) is 0.499. The monoisotopic (exact) mass is 200 g/mol. The van der Waals surface area contributed by atoms with Gasteiger partial charge in [0.25, 0.3) is 0 Å². The van der Waals surface area contributed by atoms with Crippen molar-refractivity contribution in [3.63, 3.8) is 0 Å². The first-order chi connectivity index (χ1) is 6.65. The molecule has 2 unspecified atom stereocenters. The zero-order chi connectivity index (χ0) is 11.0. The van der Waals surface area contributed by atoms with Crippen LogP contribution in [0, 0.1) is 5.92 Å². The molecule has 0 fully saturated rings. The van der Waals surface area contributed by atoms with E-state index < -0.39 is 6.10 Å². The van der Waals surface area contributed by atoms with Crippen molar-refractivity contribution >= 4 is 5.78 Å². The molecular formula is C12H24O2. The van der Waals surface area contributed by atoms with Crippen LogP contribution in [0.3, 0.4) is 0 Å². The highest BCUT2D eigenvalue weighted by Crippen LogP contribution is 2.18. The zero-order valence-corrected chi connectivity index (χ0v) is 9.75. The standard InChI is InChI=1S/C12H24O2/c1-4-7-8-10(5-2)9-12(14)11(13)6-3/h10-11,13H,4-9H2,1-3H3. The quantitative estimate of drug-likeness (QED) is 0.654. The van der Waals surface area contributed by atoms with Crippen LogP contribution in [0.1, 0.15) is 59.3 Å². The van der Waals surface area contributed by atoms with Crippen LogP contribution in [0.15, 0.2) is 0 Å². The molecule has 0 spiro atoms. The van der Waals surface area contributed by atoms with Gasteiger partial charge in [-0.2, -0.15) is 0 Å². The van der Waals surface area contributed by atoms with Gasteiger partial charge < -0.3 is 5.11 Å². The number of hydrogen-bond donors (Lipinski definition) is 1. The van der Waals surface area contributed by atoms with Crippen LogP contribution < -0.4 is 0 Å². The lowest BCUT2D eigenvalue weighted by Crippen LogP contribution is -2.22. The van der Waals surface area contributed by atoms with Gasteiger partial charge in [0.1, 0.15) is 6.10 Å². The summed E-state index contributed by atoms with van der Waals surface area (Å²) in [6.07, 6.45) is 4.91. The van der Waals surface area contributed by atoms with Crippen molar-refractivity contribution in [1.29, 1.82) is 0 Å². The summed E-state index contributed by atoms with van der Waals surface area (Å²) in [5, 5.41) is 9.35. The van der Waals surface area contributed by atoms with Crippen LogP contribution in [0.4, 0.5) is 0 Å². The third-order valence-electron chi connectivity index (χ3n) is 2.79. The van der Waals surface area contributed by atoms with Gasteiger partial charge in [-0.05, 0) is 12.3 Å². The van der Waals surface area contributed by atoms with Crippen LogP contribution in [0.2, 0.25) is 0 Å². The van der Waals surface area contributed by atoms with Crippen molar-refractivity contribution in [3.05, 3.63) is 0 Å². The van der Waals surface area contributed by atoms with Gasteiger partial charge in [0.2, 0.25) is 0 Å². The molecular weight excluding hydrogens is 176 g/mol. The van der Waals surface area contributed by atoms with E-state index in [1.807, 2.05) is 6.92 Å². The number of unbranched alkanes of at least 4 members (excludes halogenated alkanes) is 1. The third kappa shape index (κ3) is 5.38. The Labute approximate surface area is 87.7 Å². The fourth-order valence-electron chi connectivity index (χ4n) is 1.59. The number of carbonyl (C=O) groups excluding carboxylic acids is 1. The van der Waals surface area contributed by atoms with Gasteiger partial charge in [-0.1, -0.05) is 46.5 Å². The Morgan fingerprint density at radius 2 is 1.86 bits per heavy atom. The topological polar surface area (TPSA) is 37.3 Å². The van der Waals surface area contributed by atoms with Crippen LogP contribution >= 0.6 is 0 Å². The molecule has 0 aromatic carbocycles. The van der Waals surface area contributed by atoms with Crippen molar-refractivity contribution < 1.29 is 9.90 Å². The molecule has 2 nitrogen and oxygen atoms in total. The predicted octanol–water partition coefficient (Wildman–Crippen LogP) is 2.93. The van der Waals surface area contributed by atoms with E-state index in [2.05, 4.69) is 13.8 Å². The number of carbonyl (C=O) groups is 1. The lowest BCUT2D eigenvalue weighted by atomic mass is 9.92. The summed E-state index contributed by atoms with van der Waals surface area (Å²) in [7, 11) is 0. The fraction of sp³-hybridized carbons (Fsp3) is 0.917. The number of ketones is 1. The van der Waals surface area contributed by atoms with E-state index in [4.69, 9.17) is 0 Å². The Hall–Kier alpha value is -0.370. The molecule has 0 saturated heterocycles. The summed E-state index contributed by atoms with van der Waals surface area (Å²) in [6.45, 7) is 6.12. The minimum atomic E-state index is -0.731. The van der Waals surface area contributed by atoms with E-state index in [0.717, 1.165) is 12.8 Å². The van der Waals surface area contributed by atoms with Gasteiger partial charge in [-0.25, -0.2) is 0 Å². The molecule has 0 heterocycles. The van der Waals surface area contributed by atoms with Crippen molar-refractivity contribution in [3.8, 4) is 0 Å². The first-order valence-corrected chi connectivity index (χ1v) is 5.86. The van der Waals surface area contributed by atoms with Crippen LogP contribution in [-0.2, 0) is 4.79 Å². The first-order valence-electron chi connectivity index (χ1n) is 5.86. The average molecular weight is 200 g/mol. The van der Waals surface area contributed by atoms with Gasteiger partial charge >= 0.3 is 0 Å². The van der Waals surface area contributed by atoms with Crippen LogP contribution in [0.5, 0.6) is 0 Å². The molecule has 1 N–H and O–H groups in total. The first kappa shape index (κ1) is 13.6.